The molecule has 0 aliphatic heterocycles. The number of para-hydroxylation sites is 1. The standard InChI is InChI=1S/C18H19NO3S2/c1-14(5-4-6-15-9-11-22-13-15)10-12-24(20,21)18-19-16-7-2-3-8-17(16)23-18/h2-3,7-11,13H,4-6,12H2,1H3/b14-10+. The molecule has 0 spiro atoms. The molecular formula is C18H19NO3S2. The molecule has 3 aromatic rings. The van der Waals surface area contributed by atoms with E-state index in [1.54, 1.807) is 18.6 Å². The van der Waals surface area contributed by atoms with E-state index in [9.17, 15) is 8.42 Å². The maximum absolute atomic E-state index is 12.5. The highest BCUT2D eigenvalue weighted by Gasteiger charge is 2.18. The van der Waals surface area contributed by atoms with Gasteiger partial charge in [0.05, 0.1) is 28.5 Å². The predicted octanol–water partition coefficient (Wildman–Crippen LogP) is 4.63. The van der Waals surface area contributed by atoms with E-state index in [2.05, 4.69) is 4.98 Å². The van der Waals surface area contributed by atoms with E-state index in [1.165, 1.54) is 16.9 Å². The fourth-order valence-electron chi connectivity index (χ4n) is 2.42. The van der Waals surface area contributed by atoms with E-state index in [0.29, 0.717) is 0 Å². The van der Waals surface area contributed by atoms with Gasteiger partial charge in [0.25, 0.3) is 0 Å². The van der Waals surface area contributed by atoms with Crippen LogP contribution in [0.4, 0.5) is 0 Å². The number of sulfone groups is 1. The number of hydrogen-bond donors (Lipinski definition) is 0. The first kappa shape index (κ1) is 16.9. The first-order chi connectivity index (χ1) is 11.5. The van der Waals surface area contributed by atoms with Gasteiger partial charge in [-0.3, -0.25) is 0 Å². The molecular weight excluding hydrogens is 342 g/mol. The van der Waals surface area contributed by atoms with Crippen molar-refractivity contribution in [3.05, 3.63) is 60.1 Å². The summed E-state index contributed by atoms with van der Waals surface area (Å²) in [5.74, 6) is 0.00433. The molecule has 0 aliphatic rings. The summed E-state index contributed by atoms with van der Waals surface area (Å²) in [4.78, 5) is 4.25. The second-order valence-electron chi connectivity index (χ2n) is 5.76. The highest BCUT2D eigenvalue weighted by Crippen LogP contribution is 2.26. The number of thiazole rings is 1. The van der Waals surface area contributed by atoms with Crippen molar-refractivity contribution >= 4 is 31.4 Å². The Kier molecular flexibility index (Phi) is 5.16. The molecule has 6 heteroatoms. The second-order valence-corrected chi connectivity index (χ2v) is 9.00. The number of nitrogens with zero attached hydrogens (tertiary/aromatic N) is 1. The Hall–Kier alpha value is -1.92. The maximum Gasteiger partial charge on any atom is 0.210 e. The summed E-state index contributed by atoms with van der Waals surface area (Å²) in [6, 6.07) is 9.44. The number of aryl methyl sites for hydroxylation is 1. The lowest BCUT2D eigenvalue weighted by molar-refractivity contribution is 0.563. The van der Waals surface area contributed by atoms with Gasteiger partial charge >= 0.3 is 0 Å². The van der Waals surface area contributed by atoms with E-state index < -0.39 is 9.84 Å². The highest BCUT2D eigenvalue weighted by atomic mass is 32.2. The molecule has 0 atom stereocenters. The summed E-state index contributed by atoms with van der Waals surface area (Å²) in [5.41, 5.74) is 3.00. The predicted molar refractivity (Wildman–Crippen MR) is 97.1 cm³/mol. The topological polar surface area (TPSA) is 60.2 Å². The van der Waals surface area contributed by atoms with Crippen molar-refractivity contribution in [2.24, 2.45) is 0 Å². The number of rotatable bonds is 7. The van der Waals surface area contributed by atoms with Gasteiger partial charge in [-0.05, 0) is 49.9 Å². The van der Waals surface area contributed by atoms with Crippen molar-refractivity contribution in [2.45, 2.75) is 30.5 Å². The molecule has 0 saturated heterocycles. The third kappa shape index (κ3) is 4.13. The lowest BCUT2D eigenvalue weighted by atomic mass is 10.1. The summed E-state index contributed by atoms with van der Waals surface area (Å²) in [6.07, 6.45) is 8.01. The van der Waals surface area contributed by atoms with Crippen molar-refractivity contribution in [1.29, 1.82) is 0 Å². The minimum atomic E-state index is -3.37. The van der Waals surface area contributed by atoms with Crippen LogP contribution >= 0.6 is 11.3 Å². The third-order valence-electron chi connectivity index (χ3n) is 3.81. The van der Waals surface area contributed by atoms with E-state index >= 15 is 0 Å². The van der Waals surface area contributed by atoms with Gasteiger partial charge in [0, 0.05) is 0 Å². The normalized spacial score (nSPS) is 12.8. The zero-order chi connectivity index (χ0) is 17.0. The number of fused-ring (bicyclic) bond motifs is 1. The van der Waals surface area contributed by atoms with Crippen LogP contribution in [0.1, 0.15) is 25.3 Å². The first-order valence-corrected chi connectivity index (χ1v) is 10.3. The van der Waals surface area contributed by atoms with Crippen LogP contribution in [0.5, 0.6) is 0 Å². The van der Waals surface area contributed by atoms with Crippen molar-refractivity contribution in [3.8, 4) is 0 Å². The molecule has 0 radical (unpaired) electrons. The minimum Gasteiger partial charge on any atom is -0.472 e. The molecule has 0 N–H and O–H groups in total. The lowest BCUT2D eigenvalue weighted by Gasteiger charge is -2.01. The Labute approximate surface area is 145 Å². The van der Waals surface area contributed by atoms with Crippen LogP contribution < -0.4 is 0 Å². The van der Waals surface area contributed by atoms with Crippen LogP contribution in [0.3, 0.4) is 0 Å². The van der Waals surface area contributed by atoms with Crippen LogP contribution in [0.15, 0.2) is 63.3 Å². The Morgan fingerprint density at radius 3 is 2.88 bits per heavy atom. The van der Waals surface area contributed by atoms with Crippen LogP contribution in [0.25, 0.3) is 10.2 Å². The largest absolute Gasteiger partial charge is 0.472 e. The molecule has 24 heavy (non-hydrogen) atoms. The zero-order valence-electron chi connectivity index (χ0n) is 13.4. The van der Waals surface area contributed by atoms with Gasteiger partial charge < -0.3 is 4.42 Å². The number of benzene rings is 1. The van der Waals surface area contributed by atoms with E-state index in [0.717, 1.165) is 35.1 Å². The second kappa shape index (κ2) is 7.32. The monoisotopic (exact) mass is 361 g/mol. The molecule has 2 heterocycles. The Morgan fingerprint density at radius 1 is 1.29 bits per heavy atom. The average molecular weight is 361 g/mol. The molecule has 0 unspecified atom stereocenters. The van der Waals surface area contributed by atoms with Crippen molar-refractivity contribution in [1.82, 2.24) is 4.98 Å². The zero-order valence-corrected chi connectivity index (χ0v) is 15.1. The molecule has 126 valence electrons. The van der Waals surface area contributed by atoms with Crippen LogP contribution in [0.2, 0.25) is 0 Å². The first-order valence-electron chi connectivity index (χ1n) is 7.80. The quantitative estimate of drug-likeness (QED) is 0.576. The molecule has 4 nitrogen and oxygen atoms in total. The van der Waals surface area contributed by atoms with Gasteiger partial charge in [-0.15, -0.1) is 11.3 Å². The maximum atomic E-state index is 12.5. The van der Waals surface area contributed by atoms with E-state index in [1.807, 2.05) is 37.3 Å². The van der Waals surface area contributed by atoms with Crippen LogP contribution in [0, 0.1) is 0 Å². The van der Waals surface area contributed by atoms with Crippen molar-refractivity contribution in [2.75, 3.05) is 5.75 Å². The molecule has 0 aliphatic carbocycles. The third-order valence-corrected chi connectivity index (χ3v) is 6.88. The van der Waals surface area contributed by atoms with Gasteiger partial charge in [0.2, 0.25) is 14.2 Å². The average Bonchev–Trinajstić information content (AvgIpc) is 3.22. The SMILES string of the molecule is C/C(=C\CS(=O)(=O)c1nc2ccccc2s1)CCCc1ccoc1. The molecule has 3 rings (SSSR count). The van der Waals surface area contributed by atoms with Gasteiger partial charge in [-0.1, -0.05) is 23.8 Å². The minimum absolute atomic E-state index is 0.00433. The molecule has 0 amide bonds. The van der Waals surface area contributed by atoms with Gasteiger partial charge in [0.1, 0.15) is 0 Å². The highest BCUT2D eigenvalue weighted by molar-refractivity contribution is 7.93. The fourth-order valence-corrected chi connectivity index (χ4v) is 4.98. The molecule has 2 aromatic heterocycles. The molecule has 1 aromatic carbocycles. The smallest absolute Gasteiger partial charge is 0.210 e. The van der Waals surface area contributed by atoms with E-state index in [4.69, 9.17) is 4.42 Å². The lowest BCUT2D eigenvalue weighted by Crippen LogP contribution is -2.04. The Bertz CT molecular complexity index is 905. The summed E-state index contributed by atoms with van der Waals surface area (Å²) in [7, 11) is -3.37. The van der Waals surface area contributed by atoms with E-state index in [-0.39, 0.29) is 10.1 Å². The summed E-state index contributed by atoms with van der Waals surface area (Å²) >= 11 is 1.23. The molecule has 0 bridgehead atoms. The number of aromatic nitrogens is 1. The van der Waals surface area contributed by atoms with Gasteiger partial charge in [-0.25, -0.2) is 13.4 Å². The Balaban J connectivity index is 1.61. The van der Waals surface area contributed by atoms with Gasteiger partial charge in [-0.2, -0.15) is 0 Å². The Morgan fingerprint density at radius 2 is 2.12 bits per heavy atom. The molecule has 0 fully saturated rings. The summed E-state index contributed by atoms with van der Waals surface area (Å²) < 4.78 is 31.1. The molecule has 0 saturated carbocycles. The van der Waals surface area contributed by atoms with Crippen molar-refractivity contribution in [3.63, 3.8) is 0 Å². The van der Waals surface area contributed by atoms with Crippen LogP contribution in [-0.2, 0) is 16.3 Å². The number of allylic oxidation sites excluding steroid dienone is 1. The van der Waals surface area contributed by atoms with Crippen LogP contribution in [-0.4, -0.2) is 19.2 Å². The summed E-state index contributed by atoms with van der Waals surface area (Å²) in [6.45, 7) is 1.98. The van der Waals surface area contributed by atoms with Gasteiger partial charge in [0.15, 0.2) is 0 Å². The number of hydrogen-bond acceptors (Lipinski definition) is 5. The fraction of sp³-hybridized carbons (Fsp3) is 0.278. The van der Waals surface area contributed by atoms with Crippen molar-refractivity contribution < 1.29 is 12.8 Å². The number of furan rings is 1. The summed E-state index contributed by atoms with van der Waals surface area (Å²) in [5, 5.41) is 0.